The fraction of sp³-hybridized carbons (Fsp3) is 0.316. The van der Waals surface area contributed by atoms with Crippen LogP contribution in [-0.4, -0.2) is 51.0 Å². The molecule has 0 saturated carbocycles. The molecule has 150 valence electrons. The lowest BCUT2D eigenvalue weighted by atomic mass is 10.3. The minimum absolute atomic E-state index is 0.158. The summed E-state index contributed by atoms with van der Waals surface area (Å²) in [6, 6.07) is 11.3. The molecule has 0 spiro atoms. The maximum absolute atomic E-state index is 12.9. The minimum Gasteiger partial charge on any atom is -0.481 e. The van der Waals surface area contributed by atoms with Gasteiger partial charge in [0.25, 0.3) is 5.91 Å². The van der Waals surface area contributed by atoms with E-state index in [9.17, 15) is 17.6 Å². The van der Waals surface area contributed by atoms with E-state index in [4.69, 9.17) is 9.47 Å². The van der Waals surface area contributed by atoms with Gasteiger partial charge in [-0.3, -0.25) is 4.79 Å². The molecule has 0 unspecified atom stereocenters. The van der Waals surface area contributed by atoms with Crippen molar-refractivity contribution in [3.63, 3.8) is 0 Å². The Bertz CT molecular complexity index is 910. The number of amides is 1. The quantitative estimate of drug-likeness (QED) is 0.793. The van der Waals surface area contributed by atoms with Gasteiger partial charge in [0, 0.05) is 18.8 Å². The number of anilines is 1. The van der Waals surface area contributed by atoms with Crippen LogP contribution >= 0.6 is 0 Å². The van der Waals surface area contributed by atoms with Crippen LogP contribution < -0.4 is 10.1 Å². The summed E-state index contributed by atoms with van der Waals surface area (Å²) in [5, 5.41) is 2.62. The van der Waals surface area contributed by atoms with Gasteiger partial charge in [0.1, 0.15) is 11.6 Å². The number of morpholine rings is 1. The zero-order chi connectivity index (χ0) is 20.1. The number of carbonyl (C=O) groups excluding carboxylic acids is 1. The van der Waals surface area contributed by atoms with Crippen molar-refractivity contribution in [3.8, 4) is 5.75 Å². The lowest BCUT2D eigenvalue weighted by molar-refractivity contribution is -0.122. The third kappa shape index (κ3) is 4.86. The van der Waals surface area contributed by atoms with Crippen molar-refractivity contribution < 1.29 is 27.1 Å². The largest absolute Gasteiger partial charge is 0.481 e. The molecule has 9 heteroatoms. The molecule has 3 rings (SSSR count). The molecule has 1 aliphatic rings. The van der Waals surface area contributed by atoms with E-state index in [-0.39, 0.29) is 4.90 Å². The molecular weight excluding hydrogens is 387 g/mol. The Labute approximate surface area is 163 Å². The Kier molecular flexibility index (Phi) is 6.28. The van der Waals surface area contributed by atoms with Crippen molar-refractivity contribution in [2.24, 2.45) is 0 Å². The summed E-state index contributed by atoms with van der Waals surface area (Å²) >= 11 is 0. The molecule has 0 aromatic heterocycles. The van der Waals surface area contributed by atoms with Gasteiger partial charge in [-0.2, -0.15) is 4.31 Å². The molecular formula is C19H21FN2O5S. The number of carbonyl (C=O) groups is 1. The topological polar surface area (TPSA) is 84.9 Å². The number of sulfonamides is 1. The van der Waals surface area contributed by atoms with Crippen molar-refractivity contribution in [3.05, 3.63) is 54.3 Å². The molecule has 1 fully saturated rings. The van der Waals surface area contributed by atoms with Gasteiger partial charge in [-0.1, -0.05) is 0 Å². The van der Waals surface area contributed by atoms with Gasteiger partial charge in [-0.25, -0.2) is 12.8 Å². The Morgan fingerprint density at radius 1 is 1.11 bits per heavy atom. The molecule has 0 radical (unpaired) electrons. The van der Waals surface area contributed by atoms with Crippen molar-refractivity contribution in [1.29, 1.82) is 0 Å². The van der Waals surface area contributed by atoms with E-state index >= 15 is 0 Å². The van der Waals surface area contributed by atoms with Gasteiger partial charge in [-0.15, -0.1) is 0 Å². The van der Waals surface area contributed by atoms with Crippen LogP contribution in [0.1, 0.15) is 6.92 Å². The number of halogens is 1. The zero-order valence-corrected chi connectivity index (χ0v) is 16.1. The molecule has 1 heterocycles. The molecule has 1 amide bonds. The molecule has 2 aromatic rings. The third-order valence-electron chi connectivity index (χ3n) is 4.23. The van der Waals surface area contributed by atoms with Crippen LogP contribution in [0.2, 0.25) is 0 Å². The highest BCUT2D eigenvalue weighted by atomic mass is 32.2. The summed E-state index contributed by atoms with van der Waals surface area (Å²) in [7, 11) is -3.58. The highest BCUT2D eigenvalue weighted by Gasteiger charge is 2.26. The normalized spacial score (nSPS) is 16.4. The summed E-state index contributed by atoms with van der Waals surface area (Å²) in [5.41, 5.74) is 0.453. The lowest BCUT2D eigenvalue weighted by Crippen LogP contribution is -2.40. The van der Waals surface area contributed by atoms with Crippen LogP contribution in [-0.2, 0) is 19.6 Å². The minimum atomic E-state index is -3.58. The van der Waals surface area contributed by atoms with Crippen molar-refractivity contribution in [1.82, 2.24) is 4.31 Å². The van der Waals surface area contributed by atoms with Crippen LogP contribution in [0.25, 0.3) is 0 Å². The SMILES string of the molecule is C[C@@H](Oc1ccc(S(=O)(=O)N2CCOCC2)cc1)C(=O)Nc1ccc(F)cc1. The Hall–Kier alpha value is -2.49. The number of hydrogen-bond acceptors (Lipinski definition) is 5. The first kappa shape index (κ1) is 20.2. The second-order valence-electron chi connectivity index (χ2n) is 6.24. The molecule has 1 atom stereocenters. The fourth-order valence-electron chi connectivity index (χ4n) is 2.66. The number of hydrogen-bond donors (Lipinski definition) is 1. The summed E-state index contributed by atoms with van der Waals surface area (Å²) in [6.45, 7) is 2.96. The smallest absolute Gasteiger partial charge is 0.265 e. The standard InChI is InChI=1S/C19H21FN2O5S/c1-14(19(23)21-16-4-2-15(20)3-5-16)27-17-6-8-18(9-7-17)28(24,25)22-10-12-26-13-11-22/h2-9,14H,10-13H2,1H3,(H,21,23)/t14-/m1/s1. The number of nitrogens with zero attached hydrogens (tertiary/aromatic N) is 1. The van der Waals surface area contributed by atoms with Crippen molar-refractivity contribution in [2.75, 3.05) is 31.6 Å². The maximum atomic E-state index is 12.9. The second-order valence-corrected chi connectivity index (χ2v) is 8.18. The Morgan fingerprint density at radius 3 is 2.32 bits per heavy atom. The van der Waals surface area contributed by atoms with E-state index in [0.717, 1.165) is 0 Å². The number of ether oxygens (including phenoxy) is 2. The zero-order valence-electron chi connectivity index (χ0n) is 15.3. The van der Waals surface area contributed by atoms with E-state index < -0.39 is 27.9 Å². The molecule has 1 aliphatic heterocycles. The monoisotopic (exact) mass is 408 g/mol. The van der Waals surface area contributed by atoms with E-state index in [0.29, 0.717) is 37.7 Å². The van der Waals surface area contributed by atoms with E-state index in [1.54, 1.807) is 6.92 Å². The predicted molar refractivity (Wildman–Crippen MR) is 101 cm³/mol. The molecule has 1 N–H and O–H groups in total. The van der Waals surface area contributed by atoms with Gasteiger partial charge in [0.15, 0.2) is 6.10 Å². The fourth-order valence-corrected chi connectivity index (χ4v) is 4.07. The first-order chi connectivity index (χ1) is 13.4. The number of benzene rings is 2. The van der Waals surface area contributed by atoms with Gasteiger partial charge in [-0.05, 0) is 55.5 Å². The summed E-state index contributed by atoms with van der Waals surface area (Å²) in [5.74, 6) is -0.436. The molecule has 28 heavy (non-hydrogen) atoms. The van der Waals surface area contributed by atoms with Gasteiger partial charge in [0.2, 0.25) is 10.0 Å². The lowest BCUT2D eigenvalue weighted by Gasteiger charge is -2.26. The first-order valence-corrected chi connectivity index (χ1v) is 10.2. The molecule has 2 aromatic carbocycles. The van der Waals surface area contributed by atoms with Gasteiger partial charge < -0.3 is 14.8 Å². The van der Waals surface area contributed by atoms with Crippen LogP contribution in [0.5, 0.6) is 5.75 Å². The molecule has 0 aliphatic carbocycles. The average molecular weight is 408 g/mol. The highest BCUT2D eigenvalue weighted by molar-refractivity contribution is 7.89. The highest BCUT2D eigenvalue weighted by Crippen LogP contribution is 2.21. The number of nitrogens with one attached hydrogen (secondary N) is 1. The van der Waals surface area contributed by atoms with Gasteiger partial charge in [0.05, 0.1) is 18.1 Å². The summed E-state index contributed by atoms with van der Waals surface area (Å²) < 4.78 is 50.2. The van der Waals surface area contributed by atoms with Crippen molar-refractivity contribution in [2.45, 2.75) is 17.9 Å². The third-order valence-corrected chi connectivity index (χ3v) is 6.14. The van der Waals surface area contributed by atoms with Crippen molar-refractivity contribution >= 4 is 21.6 Å². The average Bonchev–Trinajstić information content (AvgIpc) is 2.70. The molecule has 7 nitrogen and oxygen atoms in total. The number of rotatable bonds is 6. The van der Waals surface area contributed by atoms with E-state index in [1.807, 2.05) is 0 Å². The Morgan fingerprint density at radius 2 is 1.71 bits per heavy atom. The van der Waals surface area contributed by atoms with Crippen LogP contribution in [0.3, 0.4) is 0 Å². The Balaban J connectivity index is 1.61. The molecule has 0 bridgehead atoms. The van der Waals surface area contributed by atoms with Crippen LogP contribution in [0.15, 0.2) is 53.4 Å². The van der Waals surface area contributed by atoms with Crippen LogP contribution in [0, 0.1) is 5.82 Å². The van der Waals surface area contributed by atoms with Crippen LogP contribution in [0.4, 0.5) is 10.1 Å². The van der Waals surface area contributed by atoms with E-state index in [1.165, 1.54) is 52.8 Å². The second kappa shape index (κ2) is 8.68. The summed E-state index contributed by atoms with van der Waals surface area (Å²) in [6.07, 6.45) is -0.827. The first-order valence-electron chi connectivity index (χ1n) is 8.77. The maximum Gasteiger partial charge on any atom is 0.265 e. The summed E-state index contributed by atoms with van der Waals surface area (Å²) in [4.78, 5) is 12.3. The molecule has 1 saturated heterocycles. The predicted octanol–water partition coefficient (Wildman–Crippen LogP) is 2.25. The van der Waals surface area contributed by atoms with Gasteiger partial charge >= 0.3 is 0 Å². The van der Waals surface area contributed by atoms with E-state index in [2.05, 4.69) is 5.32 Å².